The molecule has 0 aromatic heterocycles. The van der Waals surface area contributed by atoms with Crippen LogP contribution in [0.15, 0.2) is 0 Å². The van der Waals surface area contributed by atoms with Crippen molar-refractivity contribution in [2.24, 2.45) is 0 Å². The van der Waals surface area contributed by atoms with Gasteiger partial charge in [0.1, 0.15) is 5.38 Å². The molecule has 0 rings (SSSR count). The number of carbonyl (C=O) groups is 1. The molecular weight excluding hydrogens is 198 g/mol. The van der Waals surface area contributed by atoms with Crippen LogP contribution in [0.4, 0.5) is 0 Å². The molecule has 0 aliphatic carbocycles. The average molecular weight is 205 g/mol. The van der Waals surface area contributed by atoms with Crippen molar-refractivity contribution in [2.45, 2.75) is 17.2 Å². The van der Waals surface area contributed by atoms with Gasteiger partial charge in [-0.25, -0.2) is 0 Å². The summed E-state index contributed by atoms with van der Waals surface area (Å²) in [6.45, 7) is 0. The first-order valence-corrected chi connectivity index (χ1v) is 4.05. The summed E-state index contributed by atoms with van der Waals surface area (Å²) in [4.78, 5) is 10.1. The second kappa shape index (κ2) is 5.05. The van der Waals surface area contributed by atoms with Crippen LogP contribution >= 0.6 is 34.8 Å². The van der Waals surface area contributed by atoms with Crippen LogP contribution in [0.5, 0.6) is 0 Å². The number of hydrogen-bond acceptors (Lipinski definition) is 1. The third-order valence-corrected chi connectivity index (χ3v) is 2.13. The summed E-state index contributed by atoms with van der Waals surface area (Å²) in [5, 5.41) is 7.00. The summed E-state index contributed by atoms with van der Waals surface area (Å²) < 4.78 is 0. The Hall–Kier alpha value is 0.340. The zero-order valence-corrected chi connectivity index (χ0v) is 7.33. The normalized spacial score (nSPS) is 16.3. The molecule has 0 radical (unpaired) electrons. The first kappa shape index (κ1) is 10.3. The smallest absolute Gasteiger partial charge is 0.321 e. The summed E-state index contributed by atoms with van der Waals surface area (Å²) in [6, 6.07) is 0. The minimum atomic E-state index is -1.06. The maximum Gasteiger partial charge on any atom is 0.321 e. The quantitative estimate of drug-likeness (QED) is 0.712. The van der Waals surface area contributed by atoms with Crippen molar-refractivity contribution < 1.29 is 9.90 Å². The highest BCUT2D eigenvalue weighted by atomic mass is 35.5. The van der Waals surface area contributed by atoms with Gasteiger partial charge in [0, 0.05) is 11.3 Å². The molecule has 1 N–H and O–H groups in total. The minimum Gasteiger partial charge on any atom is -0.480 e. The molecule has 2 atom stereocenters. The molecule has 2 unspecified atom stereocenters. The Bertz CT molecular complexity index is 117. The second-order valence-electron chi connectivity index (χ2n) is 1.79. The van der Waals surface area contributed by atoms with E-state index in [9.17, 15) is 4.79 Å². The van der Waals surface area contributed by atoms with Crippen LogP contribution in [0, 0.1) is 0 Å². The average Bonchev–Trinajstić information content (AvgIpc) is 1.87. The van der Waals surface area contributed by atoms with Crippen LogP contribution in [0.25, 0.3) is 0 Å². The lowest BCUT2D eigenvalue weighted by Gasteiger charge is -2.06. The Labute approximate surface area is 74.1 Å². The van der Waals surface area contributed by atoms with Crippen molar-refractivity contribution >= 4 is 40.8 Å². The second-order valence-corrected chi connectivity index (χ2v) is 3.25. The third-order valence-electron chi connectivity index (χ3n) is 0.898. The first-order chi connectivity index (χ1) is 4.57. The molecule has 60 valence electrons. The number of alkyl halides is 3. The number of rotatable bonds is 4. The predicted octanol–water partition coefficient (Wildman–Crippen LogP) is 1.91. The van der Waals surface area contributed by atoms with Crippen LogP contribution < -0.4 is 0 Å². The van der Waals surface area contributed by atoms with Gasteiger partial charge in [-0.05, 0) is 6.42 Å². The van der Waals surface area contributed by atoms with E-state index in [1.807, 2.05) is 0 Å². The fourth-order valence-corrected chi connectivity index (χ4v) is 0.999. The molecule has 0 aromatic carbocycles. The molecule has 5 heteroatoms. The van der Waals surface area contributed by atoms with Gasteiger partial charge in [-0.3, -0.25) is 4.79 Å². The number of aliphatic carboxylic acids is 1. The number of hydrogen-bond donors (Lipinski definition) is 1. The number of carboxylic acids is 1. The lowest BCUT2D eigenvalue weighted by atomic mass is 10.2. The van der Waals surface area contributed by atoms with Crippen LogP contribution in [0.3, 0.4) is 0 Å². The number of carboxylic acid groups (broad SMARTS) is 1. The van der Waals surface area contributed by atoms with Gasteiger partial charge in [0.2, 0.25) is 0 Å². The standard InChI is InChI=1S/C5H7Cl3O2/c6-2-3(7)1-4(8)5(9)10/h3-4H,1-2H2,(H,9,10). The van der Waals surface area contributed by atoms with Crippen LogP contribution in [-0.4, -0.2) is 27.7 Å². The summed E-state index contributed by atoms with van der Waals surface area (Å²) in [7, 11) is 0. The van der Waals surface area contributed by atoms with E-state index in [0.717, 1.165) is 0 Å². The van der Waals surface area contributed by atoms with Gasteiger partial charge in [-0.15, -0.1) is 34.8 Å². The molecule has 0 saturated heterocycles. The van der Waals surface area contributed by atoms with Crippen molar-refractivity contribution in [3.63, 3.8) is 0 Å². The SMILES string of the molecule is O=C(O)C(Cl)CC(Cl)CCl. The zero-order chi connectivity index (χ0) is 8.15. The van der Waals surface area contributed by atoms with Crippen molar-refractivity contribution in [1.29, 1.82) is 0 Å². The van der Waals surface area contributed by atoms with Gasteiger partial charge in [-0.1, -0.05) is 0 Å². The Balaban J connectivity index is 3.56. The monoisotopic (exact) mass is 204 g/mol. The molecule has 0 aromatic rings. The zero-order valence-electron chi connectivity index (χ0n) is 5.06. The van der Waals surface area contributed by atoms with Gasteiger partial charge in [0.15, 0.2) is 0 Å². The van der Waals surface area contributed by atoms with E-state index in [1.165, 1.54) is 0 Å². The van der Waals surface area contributed by atoms with Gasteiger partial charge in [0.05, 0.1) is 0 Å². The van der Waals surface area contributed by atoms with E-state index in [0.29, 0.717) is 0 Å². The van der Waals surface area contributed by atoms with Crippen molar-refractivity contribution in [3.8, 4) is 0 Å². The topological polar surface area (TPSA) is 37.3 Å². The molecular formula is C5H7Cl3O2. The Morgan fingerprint density at radius 1 is 1.50 bits per heavy atom. The molecule has 0 heterocycles. The molecule has 0 fully saturated rings. The Kier molecular flexibility index (Phi) is 5.22. The van der Waals surface area contributed by atoms with Crippen molar-refractivity contribution in [1.82, 2.24) is 0 Å². The van der Waals surface area contributed by atoms with Crippen LogP contribution in [-0.2, 0) is 4.79 Å². The fourth-order valence-electron chi connectivity index (χ4n) is 0.388. The highest BCUT2D eigenvalue weighted by molar-refractivity contribution is 6.32. The molecule has 0 bridgehead atoms. The summed E-state index contributed by atoms with van der Waals surface area (Å²) >= 11 is 16.2. The van der Waals surface area contributed by atoms with Crippen molar-refractivity contribution in [2.75, 3.05) is 5.88 Å². The molecule has 2 nitrogen and oxygen atoms in total. The lowest BCUT2D eigenvalue weighted by Crippen LogP contribution is -2.18. The Morgan fingerprint density at radius 2 is 2.00 bits per heavy atom. The molecule has 0 amide bonds. The van der Waals surface area contributed by atoms with Crippen LogP contribution in [0.2, 0.25) is 0 Å². The molecule has 0 saturated carbocycles. The Morgan fingerprint density at radius 3 is 2.30 bits per heavy atom. The van der Waals surface area contributed by atoms with E-state index in [4.69, 9.17) is 39.9 Å². The number of halogens is 3. The summed E-state index contributed by atoms with van der Waals surface area (Å²) in [5.74, 6) is -0.838. The largest absolute Gasteiger partial charge is 0.480 e. The molecule has 0 aliphatic rings. The molecule has 10 heavy (non-hydrogen) atoms. The summed E-state index contributed by atoms with van der Waals surface area (Å²) in [6.07, 6.45) is 0.196. The predicted molar refractivity (Wildman–Crippen MR) is 42.3 cm³/mol. The molecule has 0 aliphatic heterocycles. The van der Waals surface area contributed by atoms with Crippen LogP contribution in [0.1, 0.15) is 6.42 Å². The van der Waals surface area contributed by atoms with E-state index >= 15 is 0 Å². The van der Waals surface area contributed by atoms with Gasteiger partial charge >= 0.3 is 5.97 Å². The fraction of sp³-hybridized carbons (Fsp3) is 0.800. The van der Waals surface area contributed by atoms with Gasteiger partial charge < -0.3 is 5.11 Å². The lowest BCUT2D eigenvalue weighted by molar-refractivity contribution is -0.136. The van der Waals surface area contributed by atoms with E-state index < -0.39 is 11.3 Å². The molecule has 0 spiro atoms. The maximum absolute atomic E-state index is 10.1. The summed E-state index contributed by atoms with van der Waals surface area (Å²) in [5.41, 5.74) is 0. The highest BCUT2D eigenvalue weighted by Crippen LogP contribution is 2.12. The van der Waals surface area contributed by atoms with Crippen molar-refractivity contribution in [3.05, 3.63) is 0 Å². The van der Waals surface area contributed by atoms with E-state index in [2.05, 4.69) is 0 Å². The van der Waals surface area contributed by atoms with Gasteiger partial charge in [0.25, 0.3) is 0 Å². The highest BCUT2D eigenvalue weighted by Gasteiger charge is 2.17. The minimum absolute atomic E-state index is 0.196. The van der Waals surface area contributed by atoms with E-state index in [1.54, 1.807) is 0 Å². The van der Waals surface area contributed by atoms with Gasteiger partial charge in [-0.2, -0.15) is 0 Å². The third kappa shape index (κ3) is 4.20. The maximum atomic E-state index is 10.1. The first-order valence-electron chi connectivity index (χ1n) is 2.64. The van der Waals surface area contributed by atoms with E-state index in [-0.39, 0.29) is 17.7 Å².